The third-order valence-electron chi connectivity index (χ3n) is 5.95. The van der Waals surface area contributed by atoms with E-state index in [-0.39, 0.29) is 18.0 Å². The molecular weight excluding hydrogens is 426 g/mol. The Morgan fingerprint density at radius 2 is 1.47 bits per heavy atom. The zero-order chi connectivity index (χ0) is 22.6. The van der Waals surface area contributed by atoms with E-state index in [9.17, 15) is 8.42 Å². The lowest BCUT2D eigenvalue weighted by molar-refractivity contribution is 0.266. The quantitative estimate of drug-likeness (QED) is 0.460. The summed E-state index contributed by atoms with van der Waals surface area (Å²) >= 11 is 0. The van der Waals surface area contributed by atoms with Crippen LogP contribution in [0.5, 0.6) is 11.5 Å². The van der Waals surface area contributed by atoms with Crippen LogP contribution in [0.1, 0.15) is 30.4 Å². The first-order chi connectivity index (χ1) is 15.5. The van der Waals surface area contributed by atoms with Crippen LogP contribution in [0.25, 0.3) is 0 Å². The monoisotopic (exact) mass is 455 g/mol. The van der Waals surface area contributed by atoms with Gasteiger partial charge in [-0.15, -0.1) is 0 Å². The molecule has 0 atom stereocenters. The predicted molar refractivity (Wildman–Crippen MR) is 122 cm³/mol. The fourth-order valence-electron chi connectivity index (χ4n) is 3.76. The molecule has 2 aromatic carbocycles. The Hall–Kier alpha value is -2.84. The maximum absolute atomic E-state index is 13.6. The van der Waals surface area contributed by atoms with Crippen molar-refractivity contribution in [2.24, 2.45) is 5.92 Å². The lowest BCUT2D eigenvalue weighted by Crippen LogP contribution is -2.30. The van der Waals surface area contributed by atoms with E-state index in [0.717, 1.165) is 29.2 Å². The lowest BCUT2D eigenvalue weighted by Gasteiger charge is -2.25. The maximum Gasteiger partial charge on any atom is 0.246 e. The molecule has 7 nitrogen and oxygen atoms in total. The smallest absolute Gasteiger partial charge is 0.246 e. The van der Waals surface area contributed by atoms with Crippen LogP contribution in [0.4, 0.5) is 0 Å². The largest absolute Gasteiger partial charge is 0.497 e. The third-order valence-corrected chi connectivity index (χ3v) is 7.70. The Bertz CT molecular complexity index is 1070. The van der Waals surface area contributed by atoms with Crippen molar-refractivity contribution in [2.75, 3.05) is 14.2 Å². The molecule has 0 spiro atoms. The SMILES string of the molecule is COc1ccc(CN(Cc2ccc(OC)cc2)S(=O)(=O)c2cnn(CC3CCC3)c2)cc1. The van der Waals surface area contributed by atoms with E-state index in [2.05, 4.69) is 5.10 Å². The molecule has 1 aliphatic rings. The number of nitrogens with zero attached hydrogens (tertiary/aromatic N) is 3. The number of rotatable bonds is 10. The van der Waals surface area contributed by atoms with Gasteiger partial charge >= 0.3 is 0 Å². The molecule has 0 radical (unpaired) electrons. The maximum atomic E-state index is 13.6. The van der Waals surface area contributed by atoms with Gasteiger partial charge in [-0.25, -0.2) is 8.42 Å². The second-order valence-electron chi connectivity index (χ2n) is 8.16. The molecule has 0 unspecified atom stereocenters. The minimum absolute atomic E-state index is 0.221. The van der Waals surface area contributed by atoms with Gasteiger partial charge in [-0.2, -0.15) is 9.40 Å². The minimum Gasteiger partial charge on any atom is -0.497 e. The highest BCUT2D eigenvalue weighted by molar-refractivity contribution is 7.89. The van der Waals surface area contributed by atoms with E-state index in [1.54, 1.807) is 25.1 Å². The van der Waals surface area contributed by atoms with Crippen molar-refractivity contribution < 1.29 is 17.9 Å². The van der Waals surface area contributed by atoms with Crippen molar-refractivity contribution in [2.45, 2.75) is 43.8 Å². The van der Waals surface area contributed by atoms with Gasteiger partial charge in [-0.05, 0) is 54.2 Å². The topological polar surface area (TPSA) is 73.7 Å². The number of ether oxygens (including phenoxy) is 2. The van der Waals surface area contributed by atoms with Crippen molar-refractivity contribution in [1.82, 2.24) is 14.1 Å². The summed E-state index contributed by atoms with van der Waals surface area (Å²) in [5.74, 6) is 2.06. The molecule has 32 heavy (non-hydrogen) atoms. The van der Waals surface area contributed by atoms with E-state index in [0.29, 0.717) is 5.92 Å². The van der Waals surface area contributed by atoms with E-state index in [1.807, 2.05) is 48.5 Å². The van der Waals surface area contributed by atoms with E-state index < -0.39 is 10.0 Å². The molecule has 4 rings (SSSR count). The normalized spacial score (nSPS) is 14.3. The highest BCUT2D eigenvalue weighted by Crippen LogP contribution is 2.28. The lowest BCUT2D eigenvalue weighted by atomic mass is 9.85. The van der Waals surface area contributed by atoms with Gasteiger partial charge in [-0.3, -0.25) is 4.68 Å². The molecule has 1 saturated carbocycles. The first-order valence-electron chi connectivity index (χ1n) is 10.8. The molecule has 3 aromatic rings. The predicted octanol–water partition coefficient (Wildman–Crippen LogP) is 4.09. The van der Waals surface area contributed by atoms with Crippen molar-refractivity contribution in [1.29, 1.82) is 0 Å². The number of hydrogen-bond donors (Lipinski definition) is 0. The van der Waals surface area contributed by atoms with Crippen molar-refractivity contribution in [3.63, 3.8) is 0 Å². The minimum atomic E-state index is -3.74. The summed E-state index contributed by atoms with van der Waals surface area (Å²) < 4.78 is 40.9. The summed E-state index contributed by atoms with van der Waals surface area (Å²) in [5, 5.41) is 4.32. The summed E-state index contributed by atoms with van der Waals surface area (Å²) in [6.45, 7) is 1.25. The highest BCUT2D eigenvalue weighted by atomic mass is 32.2. The molecule has 170 valence electrons. The fraction of sp³-hybridized carbons (Fsp3) is 0.375. The van der Waals surface area contributed by atoms with Gasteiger partial charge in [0, 0.05) is 25.8 Å². The Morgan fingerprint density at radius 1 is 0.938 bits per heavy atom. The molecule has 0 N–H and O–H groups in total. The van der Waals surface area contributed by atoms with Gasteiger partial charge in [0.2, 0.25) is 10.0 Å². The molecule has 8 heteroatoms. The Morgan fingerprint density at radius 3 is 1.91 bits per heavy atom. The second kappa shape index (κ2) is 9.75. The first-order valence-corrected chi connectivity index (χ1v) is 12.2. The number of aromatic nitrogens is 2. The molecule has 1 aliphatic carbocycles. The first kappa shape index (κ1) is 22.4. The number of methoxy groups -OCH3 is 2. The Balaban J connectivity index is 1.59. The Kier molecular flexibility index (Phi) is 6.81. The average molecular weight is 456 g/mol. The van der Waals surface area contributed by atoms with Crippen molar-refractivity contribution >= 4 is 10.0 Å². The van der Waals surface area contributed by atoms with E-state index in [1.165, 1.54) is 29.8 Å². The summed E-state index contributed by atoms with van der Waals surface area (Å²) in [7, 11) is -0.529. The Labute approximate surface area is 189 Å². The summed E-state index contributed by atoms with van der Waals surface area (Å²) in [5.41, 5.74) is 1.76. The summed E-state index contributed by atoms with van der Waals surface area (Å²) in [6, 6.07) is 14.9. The van der Waals surface area contributed by atoms with Crippen LogP contribution in [-0.2, 0) is 29.7 Å². The van der Waals surface area contributed by atoms with Crippen LogP contribution < -0.4 is 9.47 Å². The van der Waals surface area contributed by atoms with Gasteiger partial charge in [0.15, 0.2) is 0 Å². The third kappa shape index (κ3) is 5.14. The van der Waals surface area contributed by atoms with Crippen LogP contribution in [0.2, 0.25) is 0 Å². The van der Waals surface area contributed by atoms with Gasteiger partial charge in [0.05, 0.1) is 20.4 Å². The average Bonchev–Trinajstić information content (AvgIpc) is 3.26. The zero-order valence-corrected chi connectivity index (χ0v) is 19.3. The number of hydrogen-bond acceptors (Lipinski definition) is 5. The van der Waals surface area contributed by atoms with Crippen molar-refractivity contribution in [3.05, 3.63) is 72.1 Å². The van der Waals surface area contributed by atoms with E-state index in [4.69, 9.17) is 9.47 Å². The standard InChI is InChI=1S/C24H29N3O4S/c1-30-22-10-6-20(7-11-22)16-27(17-21-8-12-23(31-2)13-9-21)32(28,29)24-14-25-26(18-24)15-19-4-3-5-19/h6-14,18-19H,3-5,15-17H2,1-2H3. The molecule has 0 amide bonds. The van der Waals surface area contributed by atoms with Gasteiger partial charge in [0.1, 0.15) is 16.4 Å². The van der Waals surface area contributed by atoms with Gasteiger partial charge in [-0.1, -0.05) is 30.7 Å². The second-order valence-corrected chi connectivity index (χ2v) is 10.1. The van der Waals surface area contributed by atoms with Crippen LogP contribution >= 0.6 is 0 Å². The summed E-state index contributed by atoms with van der Waals surface area (Å²) in [4.78, 5) is 0.221. The molecule has 0 aliphatic heterocycles. The summed E-state index contributed by atoms with van der Waals surface area (Å²) in [6.07, 6.45) is 6.73. The van der Waals surface area contributed by atoms with Crippen LogP contribution in [-0.4, -0.2) is 36.7 Å². The van der Waals surface area contributed by atoms with E-state index >= 15 is 0 Å². The molecular formula is C24H29N3O4S. The van der Waals surface area contributed by atoms with Gasteiger partial charge in [0.25, 0.3) is 0 Å². The molecule has 1 heterocycles. The number of benzene rings is 2. The molecule has 0 bridgehead atoms. The van der Waals surface area contributed by atoms with Crippen LogP contribution in [0.15, 0.2) is 65.8 Å². The van der Waals surface area contributed by atoms with Gasteiger partial charge < -0.3 is 9.47 Å². The molecule has 1 aromatic heterocycles. The van der Waals surface area contributed by atoms with Crippen LogP contribution in [0, 0.1) is 5.92 Å². The van der Waals surface area contributed by atoms with Crippen molar-refractivity contribution in [3.8, 4) is 11.5 Å². The molecule has 0 saturated heterocycles. The highest BCUT2D eigenvalue weighted by Gasteiger charge is 2.27. The van der Waals surface area contributed by atoms with Crippen LogP contribution in [0.3, 0.4) is 0 Å². The zero-order valence-electron chi connectivity index (χ0n) is 18.5. The fourth-order valence-corrected chi connectivity index (χ4v) is 5.13. The molecule has 1 fully saturated rings. The number of sulfonamides is 1.